The third-order valence-corrected chi connectivity index (χ3v) is 3.15. The van der Waals surface area contributed by atoms with Gasteiger partial charge in [0.05, 0.1) is 18.9 Å². The topological polar surface area (TPSA) is 25.4 Å². The van der Waals surface area contributed by atoms with Gasteiger partial charge in [-0.15, -0.1) is 0 Å². The maximum absolute atomic E-state index is 5.35. The van der Waals surface area contributed by atoms with E-state index < -0.39 is 0 Å². The van der Waals surface area contributed by atoms with Crippen molar-refractivity contribution in [3.63, 3.8) is 0 Å². The third kappa shape index (κ3) is 1.35. The molecule has 3 nitrogen and oxygen atoms in total. The highest BCUT2D eigenvalue weighted by Gasteiger charge is 2.22. The number of pyridine rings is 1. The van der Waals surface area contributed by atoms with Crippen LogP contribution in [-0.2, 0) is 11.2 Å². The molecule has 0 atom stereocenters. The quantitative estimate of drug-likeness (QED) is 0.690. The normalized spacial score (nSPS) is 19.3. The predicted octanol–water partition coefficient (Wildman–Crippen LogP) is 1.49. The molecule has 1 aromatic heterocycles. The van der Waals surface area contributed by atoms with Gasteiger partial charge in [-0.05, 0) is 12.5 Å². The van der Waals surface area contributed by atoms with Gasteiger partial charge in [0, 0.05) is 36.6 Å². The molecule has 0 saturated carbocycles. The molecule has 3 heterocycles. The molecule has 3 rings (SSSR count). The summed E-state index contributed by atoms with van der Waals surface area (Å²) < 4.78 is 5.35. The SMILES string of the molecule is CN1CCc2c1ccnc2C1=CCOC1. The standard InChI is InChI=1S/C12H14N2O/c1-14-6-3-10-11(14)2-5-13-12(10)9-4-7-15-8-9/h2,4-5H,3,6-8H2,1H3. The fourth-order valence-corrected chi connectivity index (χ4v) is 2.32. The van der Waals surface area contributed by atoms with Crippen molar-refractivity contribution in [1.29, 1.82) is 0 Å². The Kier molecular flexibility index (Phi) is 1.99. The van der Waals surface area contributed by atoms with Gasteiger partial charge in [-0.3, -0.25) is 4.98 Å². The number of hydrogen-bond donors (Lipinski definition) is 0. The van der Waals surface area contributed by atoms with Crippen molar-refractivity contribution in [1.82, 2.24) is 4.98 Å². The molecular weight excluding hydrogens is 188 g/mol. The van der Waals surface area contributed by atoms with E-state index in [2.05, 4.69) is 29.1 Å². The zero-order chi connectivity index (χ0) is 10.3. The van der Waals surface area contributed by atoms with Gasteiger partial charge in [0.1, 0.15) is 0 Å². The Morgan fingerprint density at radius 1 is 1.47 bits per heavy atom. The van der Waals surface area contributed by atoms with Crippen LogP contribution >= 0.6 is 0 Å². The predicted molar refractivity (Wildman–Crippen MR) is 60.0 cm³/mol. The van der Waals surface area contributed by atoms with Crippen molar-refractivity contribution < 1.29 is 4.74 Å². The van der Waals surface area contributed by atoms with E-state index >= 15 is 0 Å². The average Bonchev–Trinajstić information content (AvgIpc) is 2.88. The van der Waals surface area contributed by atoms with Crippen molar-refractivity contribution in [3.05, 3.63) is 29.6 Å². The summed E-state index contributed by atoms with van der Waals surface area (Å²) in [5.74, 6) is 0. The summed E-state index contributed by atoms with van der Waals surface area (Å²) in [5.41, 5.74) is 5.11. The molecule has 78 valence electrons. The van der Waals surface area contributed by atoms with Crippen LogP contribution in [-0.4, -0.2) is 31.8 Å². The van der Waals surface area contributed by atoms with Crippen LogP contribution in [0.4, 0.5) is 5.69 Å². The first-order valence-electron chi connectivity index (χ1n) is 5.32. The lowest BCUT2D eigenvalue weighted by atomic mass is 10.1. The highest BCUT2D eigenvalue weighted by atomic mass is 16.5. The van der Waals surface area contributed by atoms with Gasteiger partial charge >= 0.3 is 0 Å². The Morgan fingerprint density at radius 3 is 3.20 bits per heavy atom. The first-order valence-corrected chi connectivity index (χ1v) is 5.32. The van der Waals surface area contributed by atoms with Crippen LogP contribution < -0.4 is 4.90 Å². The maximum atomic E-state index is 5.35. The van der Waals surface area contributed by atoms with Gasteiger partial charge in [-0.25, -0.2) is 0 Å². The van der Waals surface area contributed by atoms with E-state index in [1.165, 1.54) is 16.8 Å². The van der Waals surface area contributed by atoms with Crippen molar-refractivity contribution in [3.8, 4) is 0 Å². The smallest absolute Gasteiger partial charge is 0.0740 e. The van der Waals surface area contributed by atoms with E-state index in [-0.39, 0.29) is 0 Å². The van der Waals surface area contributed by atoms with E-state index in [1.807, 2.05) is 6.20 Å². The van der Waals surface area contributed by atoms with E-state index in [0.29, 0.717) is 6.61 Å². The lowest BCUT2D eigenvalue weighted by Gasteiger charge is -2.12. The molecule has 2 aliphatic rings. The molecule has 0 aromatic carbocycles. The van der Waals surface area contributed by atoms with Gasteiger partial charge in [0.2, 0.25) is 0 Å². The number of fused-ring (bicyclic) bond motifs is 1. The van der Waals surface area contributed by atoms with Crippen LogP contribution in [0.5, 0.6) is 0 Å². The number of hydrogen-bond acceptors (Lipinski definition) is 3. The molecule has 0 N–H and O–H groups in total. The van der Waals surface area contributed by atoms with Crippen LogP contribution in [0, 0.1) is 0 Å². The monoisotopic (exact) mass is 202 g/mol. The van der Waals surface area contributed by atoms with Crippen molar-refractivity contribution in [2.75, 3.05) is 31.7 Å². The Morgan fingerprint density at radius 2 is 2.40 bits per heavy atom. The lowest BCUT2D eigenvalue weighted by Crippen LogP contribution is -2.12. The number of anilines is 1. The van der Waals surface area contributed by atoms with Crippen molar-refractivity contribution in [2.45, 2.75) is 6.42 Å². The molecule has 0 aliphatic carbocycles. The molecule has 0 radical (unpaired) electrons. The average molecular weight is 202 g/mol. The minimum Gasteiger partial charge on any atom is -0.374 e. The Bertz CT molecular complexity index is 426. The first-order chi connectivity index (χ1) is 7.36. The minimum absolute atomic E-state index is 0.715. The summed E-state index contributed by atoms with van der Waals surface area (Å²) >= 11 is 0. The van der Waals surface area contributed by atoms with Gasteiger partial charge in [-0.2, -0.15) is 0 Å². The molecule has 0 saturated heterocycles. The summed E-state index contributed by atoms with van der Waals surface area (Å²) in [5, 5.41) is 0. The van der Waals surface area contributed by atoms with Crippen LogP contribution in [0.2, 0.25) is 0 Å². The Labute approximate surface area is 89.4 Å². The minimum atomic E-state index is 0.715. The summed E-state index contributed by atoms with van der Waals surface area (Å²) in [7, 11) is 2.13. The Hall–Kier alpha value is -1.35. The van der Waals surface area contributed by atoms with Crippen LogP contribution in [0.3, 0.4) is 0 Å². The Balaban J connectivity index is 2.09. The second kappa shape index (κ2) is 3.35. The molecule has 0 bridgehead atoms. The van der Waals surface area contributed by atoms with Crippen LogP contribution in [0.25, 0.3) is 5.57 Å². The zero-order valence-corrected chi connectivity index (χ0v) is 8.86. The summed E-state index contributed by atoms with van der Waals surface area (Å²) in [6.07, 6.45) is 5.14. The number of ether oxygens (including phenoxy) is 1. The van der Waals surface area contributed by atoms with E-state index in [9.17, 15) is 0 Å². The maximum Gasteiger partial charge on any atom is 0.0740 e. The van der Waals surface area contributed by atoms with Gasteiger partial charge < -0.3 is 9.64 Å². The fraction of sp³-hybridized carbons (Fsp3) is 0.417. The number of aromatic nitrogens is 1. The molecule has 0 spiro atoms. The highest BCUT2D eigenvalue weighted by Crippen LogP contribution is 2.32. The second-order valence-electron chi connectivity index (χ2n) is 4.07. The summed E-state index contributed by atoms with van der Waals surface area (Å²) in [6.45, 7) is 2.55. The molecule has 2 aliphatic heterocycles. The molecule has 0 fully saturated rings. The van der Waals surface area contributed by atoms with Crippen molar-refractivity contribution >= 4 is 11.3 Å². The first kappa shape index (κ1) is 8.92. The van der Waals surface area contributed by atoms with Crippen LogP contribution in [0.15, 0.2) is 18.3 Å². The molecule has 0 amide bonds. The van der Waals surface area contributed by atoms with Crippen molar-refractivity contribution in [2.24, 2.45) is 0 Å². The molecule has 3 heteroatoms. The zero-order valence-electron chi connectivity index (χ0n) is 8.86. The van der Waals surface area contributed by atoms with Gasteiger partial charge in [-0.1, -0.05) is 6.08 Å². The molecule has 15 heavy (non-hydrogen) atoms. The highest BCUT2D eigenvalue weighted by molar-refractivity contribution is 5.73. The number of rotatable bonds is 1. The van der Waals surface area contributed by atoms with E-state index in [0.717, 1.165) is 25.3 Å². The number of likely N-dealkylation sites (N-methyl/N-ethyl adjacent to an activating group) is 1. The number of nitrogens with zero attached hydrogens (tertiary/aromatic N) is 2. The second-order valence-corrected chi connectivity index (χ2v) is 4.07. The molecule has 1 aromatic rings. The summed E-state index contributed by atoms with van der Waals surface area (Å²) in [4.78, 5) is 6.78. The summed E-state index contributed by atoms with van der Waals surface area (Å²) in [6, 6.07) is 2.10. The van der Waals surface area contributed by atoms with Gasteiger partial charge in [0.15, 0.2) is 0 Å². The van der Waals surface area contributed by atoms with Gasteiger partial charge in [0.25, 0.3) is 0 Å². The van der Waals surface area contributed by atoms with E-state index in [4.69, 9.17) is 4.74 Å². The lowest BCUT2D eigenvalue weighted by molar-refractivity contribution is 0.216. The largest absolute Gasteiger partial charge is 0.374 e. The van der Waals surface area contributed by atoms with E-state index in [1.54, 1.807) is 0 Å². The fourth-order valence-electron chi connectivity index (χ4n) is 2.32. The third-order valence-electron chi connectivity index (χ3n) is 3.15. The van der Waals surface area contributed by atoms with Crippen LogP contribution in [0.1, 0.15) is 11.3 Å². The molecular formula is C12H14N2O. The molecule has 0 unspecified atom stereocenters.